The molecule has 0 N–H and O–H groups in total. The summed E-state index contributed by atoms with van der Waals surface area (Å²) in [5.41, 5.74) is 0. The predicted octanol–water partition coefficient (Wildman–Crippen LogP) is 5.52. The first-order valence-corrected chi connectivity index (χ1v) is 16.8. The molecule has 2 unspecified atom stereocenters. The number of rotatable bonds is 7. The van der Waals surface area contributed by atoms with Crippen LogP contribution in [0.5, 0.6) is 0 Å². The van der Waals surface area contributed by atoms with Gasteiger partial charge in [-0.2, -0.15) is 0 Å². The Morgan fingerprint density at radius 3 is 1.18 bits per heavy atom. The average Bonchev–Trinajstić information content (AvgIpc) is 3.43. The van der Waals surface area contributed by atoms with Gasteiger partial charge in [-0.3, -0.25) is 0 Å². The summed E-state index contributed by atoms with van der Waals surface area (Å²) >= 11 is 0. The van der Waals surface area contributed by atoms with Crippen molar-refractivity contribution in [2.24, 2.45) is 11.8 Å². The van der Waals surface area contributed by atoms with Crippen LogP contribution in [0.25, 0.3) is 0 Å². The van der Waals surface area contributed by atoms with Crippen LogP contribution in [-0.2, 0) is 0 Å². The van der Waals surface area contributed by atoms with Crippen LogP contribution < -0.4 is 10.4 Å². The zero-order valence-corrected chi connectivity index (χ0v) is 19.0. The Kier molecular flexibility index (Phi) is 5.52. The van der Waals surface area contributed by atoms with Crippen molar-refractivity contribution in [2.75, 3.05) is 0 Å². The van der Waals surface area contributed by atoms with Gasteiger partial charge in [-0.1, -0.05) is 133 Å². The van der Waals surface area contributed by atoms with Crippen molar-refractivity contribution in [2.45, 2.75) is 25.2 Å². The van der Waals surface area contributed by atoms with Crippen LogP contribution >= 0.6 is 0 Å². The number of hydrogen-bond acceptors (Lipinski definition) is 0. The van der Waals surface area contributed by atoms with E-state index in [2.05, 4.69) is 122 Å². The predicted molar refractivity (Wildman–Crippen MR) is 129 cm³/mol. The van der Waals surface area contributed by atoms with Crippen LogP contribution in [-0.4, -0.2) is 15.2 Å². The molecule has 2 aromatic rings. The highest BCUT2D eigenvalue weighted by atomic mass is 29.3. The van der Waals surface area contributed by atoms with E-state index < -0.39 is 15.2 Å². The second kappa shape index (κ2) is 8.06. The summed E-state index contributed by atoms with van der Waals surface area (Å²) in [6, 6.07) is 25.6. The van der Waals surface area contributed by atoms with E-state index in [-0.39, 0.29) is 0 Å². The molecule has 0 amide bonds. The lowest BCUT2D eigenvalue weighted by Crippen LogP contribution is -2.73. The third kappa shape index (κ3) is 3.59. The average molecular weight is 399 g/mol. The van der Waals surface area contributed by atoms with Gasteiger partial charge in [-0.25, -0.2) is 0 Å². The first-order chi connectivity index (χ1) is 13.6. The van der Waals surface area contributed by atoms with Gasteiger partial charge in [-0.15, -0.1) is 0 Å². The summed E-state index contributed by atoms with van der Waals surface area (Å²) in [6.07, 6.45) is 18.5. The molecule has 0 saturated heterocycles. The molecule has 0 aliphatic heterocycles. The lowest BCUT2D eigenvalue weighted by atomic mass is 10.2. The third-order valence-electron chi connectivity index (χ3n) is 6.98. The zero-order valence-electron chi connectivity index (χ0n) is 17.0. The molecular formula is C26H30Si2. The monoisotopic (exact) mass is 398 g/mol. The van der Waals surface area contributed by atoms with Crippen LogP contribution in [0.15, 0.2) is 109 Å². The summed E-state index contributed by atoms with van der Waals surface area (Å²) in [6.45, 7) is 5.37. The topological polar surface area (TPSA) is 0 Å². The van der Waals surface area contributed by atoms with Gasteiger partial charge in [0.15, 0.2) is 0 Å². The van der Waals surface area contributed by atoms with Crippen LogP contribution in [0, 0.1) is 11.8 Å². The van der Waals surface area contributed by atoms with Crippen molar-refractivity contribution in [1.29, 1.82) is 0 Å². The molecule has 0 fully saturated rings. The Balaban J connectivity index is 1.85. The lowest BCUT2D eigenvalue weighted by molar-refractivity contribution is 0.919. The second-order valence-corrected chi connectivity index (χ2v) is 22.6. The minimum absolute atomic E-state index is 0.585. The van der Waals surface area contributed by atoms with E-state index in [1.165, 1.54) is 12.1 Å². The third-order valence-corrected chi connectivity index (χ3v) is 25.5. The van der Waals surface area contributed by atoms with Gasteiger partial charge >= 0.3 is 0 Å². The minimum Gasteiger partial charge on any atom is -0.0779 e. The molecule has 0 radical (unpaired) electrons. The molecule has 2 aliphatic rings. The molecule has 142 valence electrons. The standard InChI is InChI=1S/C26H30Si2/c1-27(21-23-13-9-10-14-23,25-17-5-3-6-18-25)28(2,22-24-15-11-12-16-24)26-19-7-4-8-20-26/h3-20,23-24H,21-22H2,1-2H3. The fraction of sp³-hybridized carbons (Fsp3) is 0.231. The molecule has 28 heavy (non-hydrogen) atoms. The van der Waals surface area contributed by atoms with Gasteiger partial charge in [0.25, 0.3) is 0 Å². The summed E-state index contributed by atoms with van der Waals surface area (Å²) in [5.74, 6) is 1.17. The Morgan fingerprint density at radius 1 is 0.536 bits per heavy atom. The minimum atomic E-state index is -1.78. The van der Waals surface area contributed by atoms with Gasteiger partial charge in [0.05, 0.1) is 15.2 Å². The molecule has 2 aromatic carbocycles. The van der Waals surface area contributed by atoms with Crippen LogP contribution in [0.1, 0.15) is 0 Å². The van der Waals surface area contributed by atoms with E-state index >= 15 is 0 Å². The van der Waals surface area contributed by atoms with E-state index in [0.717, 1.165) is 0 Å². The first-order valence-electron chi connectivity index (χ1n) is 10.4. The molecule has 0 heterocycles. The molecule has 0 saturated carbocycles. The second-order valence-electron chi connectivity index (χ2n) is 8.67. The van der Waals surface area contributed by atoms with Crippen LogP contribution in [0.4, 0.5) is 0 Å². The fourth-order valence-electron chi connectivity index (χ4n) is 5.11. The molecule has 2 heteroatoms. The normalized spacial score (nSPS) is 20.5. The number of hydrogen-bond donors (Lipinski definition) is 0. The van der Waals surface area contributed by atoms with Gasteiger partial charge in [0.2, 0.25) is 0 Å². The molecule has 0 aromatic heterocycles. The quantitative estimate of drug-likeness (QED) is 0.539. The van der Waals surface area contributed by atoms with Gasteiger partial charge in [-0.05, 0) is 23.9 Å². The van der Waals surface area contributed by atoms with Crippen molar-refractivity contribution >= 4 is 25.6 Å². The Hall–Kier alpha value is -2.17. The molecule has 4 rings (SSSR count). The fourth-order valence-corrected chi connectivity index (χ4v) is 21.0. The highest BCUT2D eigenvalue weighted by molar-refractivity contribution is 7.50. The van der Waals surface area contributed by atoms with Crippen molar-refractivity contribution in [3.63, 3.8) is 0 Å². The summed E-state index contributed by atoms with van der Waals surface area (Å²) < 4.78 is 0. The van der Waals surface area contributed by atoms with E-state index in [1.54, 1.807) is 10.4 Å². The number of benzene rings is 2. The van der Waals surface area contributed by atoms with E-state index in [4.69, 9.17) is 0 Å². The molecule has 0 spiro atoms. The van der Waals surface area contributed by atoms with Crippen LogP contribution in [0.2, 0.25) is 25.2 Å². The van der Waals surface area contributed by atoms with E-state index in [0.29, 0.717) is 11.8 Å². The molecular weight excluding hydrogens is 368 g/mol. The van der Waals surface area contributed by atoms with E-state index in [1.807, 2.05) is 0 Å². The highest BCUT2D eigenvalue weighted by Gasteiger charge is 2.51. The highest BCUT2D eigenvalue weighted by Crippen LogP contribution is 2.35. The summed E-state index contributed by atoms with van der Waals surface area (Å²) in [4.78, 5) is 0. The van der Waals surface area contributed by atoms with E-state index in [9.17, 15) is 0 Å². The van der Waals surface area contributed by atoms with Crippen molar-refractivity contribution in [3.8, 4) is 0 Å². The van der Waals surface area contributed by atoms with Gasteiger partial charge in [0.1, 0.15) is 0 Å². The maximum absolute atomic E-state index is 2.68. The Bertz CT molecular complexity index is 808. The van der Waals surface area contributed by atoms with Gasteiger partial charge < -0.3 is 0 Å². The Morgan fingerprint density at radius 2 is 0.857 bits per heavy atom. The van der Waals surface area contributed by atoms with Crippen molar-refractivity contribution in [3.05, 3.63) is 109 Å². The SMILES string of the molecule is C[Si](CC1C=CC=C1)(c1ccccc1)[Si](C)(CC1C=CC=C1)c1ccccc1. The molecule has 2 aliphatic carbocycles. The number of allylic oxidation sites excluding steroid dienone is 8. The lowest BCUT2D eigenvalue weighted by Gasteiger charge is -2.46. The smallest absolute Gasteiger partial charge is 0.0779 e. The van der Waals surface area contributed by atoms with Crippen LogP contribution in [0.3, 0.4) is 0 Å². The van der Waals surface area contributed by atoms with Gasteiger partial charge in [0, 0.05) is 0 Å². The summed E-state index contributed by atoms with van der Waals surface area (Å²) in [5, 5.41) is 3.26. The maximum atomic E-state index is 2.68. The summed E-state index contributed by atoms with van der Waals surface area (Å²) in [7, 11) is -3.57. The first kappa shape index (κ1) is 19.2. The molecule has 0 bridgehead atoms. The zero-order chi connectivity index (χ0) is 19.5. The maximum Gasteiger partial charge on any atom is 0.0833 e. The van der Waals surface area contributed by atoms with Crippen molar-refractivity contribution < 1.29 is 0 Å². The largest absolute Gasteiger partial charge is 0.0833 e. The van der Waals surface area contributed by atoms with Crippen molar-refractivity contribution in [1.82, 2.24) is 0 Å². The molecule has 2 atom stereocenters. The Labute approximate surface area is 171 Å². The molecule has 0 nitrogen and oxygen atoms in total.